The van der Waals surface area contributed by atoms with Crippen LogP contribution in [0.1, 0.15) is 103 Å². The molecular formula is C22H41NaO7S. The number of rotatable bonds is 19. The van der Waals surface area contributed by atoms with Gasteiger partial charge in [0.25, 0.3) is 10.1 Å². The first kappa shape index (κ1) is 32.8. The Morgan fingerprint density at radius 1 is 0.806 bits per heavy atom. The van der Waals surface area contributed by atoms with Crippen LogP contribution in [0.5, 0.6) is 0 Å². The van der Waals surface area contributed by atoms with E-state index in [-0.39, 0.29) is 0 Å². The summed E-state index contributed by atoms with van der Waals surface area (Å²) in [5.74, 6) is -3.50. The van der Waals surface area contributed by atoms with Gasteiger partial charge in [0.1, 0.15) is 0 Å². The number of hydrogen-bond donors (Lipinski definition) is 3. The van der Waals surface area contributed by atoms with Crippen molar-refractivity contribution >= 4 is 50.0 Å². The molecule has 0 fully saturated rings. The van der Waals surface area contributed by atoms with Crippen molar-refractivity contribution in [3.05, 3.63) is 12.2 Å². The van der Waals surface area contributed by atoms with E-state index < -0.39 is 33.7 Å². The van der Waals surface area contributed by atoms with Gasteiger partial charge in [-0.25, -0.2) is 0 Å². The first-order chi connectivity index (χ1) is 14.7. The summed E-state index contributed by atoms with van der Waals surface area (Å²) < 4.78 is 30.2. The Bertz CT molecular complexity index is 576. The van der Waals surface area contributed by atoms with E-state index in [1.54, 1.807) is 0 Å². The van der Waals surface area contributed by atoms with Crippen LogP contribution in [0.15, 0.2) is 12.2 Å². The molecule has 1 atom stereocenters. The van der Waals surface area contributed by atoms with Crippen LogP contribution in [0.3, 0.4) is 0 Å². The van der Waals surface area contributed by atoms with E-state index in [0.717, 1.165) is 0 Å². The molecule has 7 nitrogen and oxygen atoms in total. The average Bonchev–Trinajstić information content (AvgIpc) is 2.68. The zero-order valence-corrected chi connectivity index (χ0v) is 22.2. The molecule has 1 unspecified atom stereocenters. The summed E-state index contributed by atoms with van der Waals surface area (Å²) in [6.07, 6.45) is 23.6. The van der Waals surface area contributed by atoms with Gasteiger partial charge in [-0.2, -0.15) is 8.42 Å². The fraction of sp³-hybridized carbons (Fsp3) is 0.818. The molecule has 0 aromatic heterocycles. The van der Waals surface area contributed by atoms with Crippen molar-refractivity contribution in [2.24, 2.45) is 0 Å². The molecule has 0 saturated carbocycles. The smallest absolute Gasteiger partial charge is 0.325 e. The third kappa shape index (κ3) is 25.7. The molecule has 3 N–H and O–H groups in total. The SMILES string of the molecule is CCCCCCCCC=CCCCCCCC[CH2][Na].O=C(O)CC(C(=O)O)S(=O)(=O)O. The zero-order chi connectivity index (χ0) is 24.0. The first-order valence-electron chi connectivity index (χ1n) is 11.7. The monoisotopic (exact) mass is 472 g/mol. The third-order valence-electron chi connectivity index (χ3n) is 4.86. The molecule has 0 bridgehead atoms. The van der Waals surface area contributed by atoms with E-state index in [4.69, 9.17) is 14.8 Å². The Labute approximate surface area is 206 Å². The number of carboxylic acids is 2. The van der Waals surface area contributed by atoms with Gasteiger partial charge in [-0.05, 0) is 0 Å². The Balaban J connectivity index is 0. The maximum Gasteiger partial charge on any atom is 0.325 e. The summed E-state index contributed by atoms with van der Waals surface area (Å²) in [5.41, 5.74) is 0. The van der Waals surface area contributed by atoms with Gasteiger partial charge in [-0.15, -0.1) is 0 Å². The van der Waals surface area contributed by atoms with E-state index in [1.807, 2.05) is 0 Å². The number of allylic oxidation sites excluding steroid dienone is 2. The molecule has 9 heteroatoms. The largest absolute Gasteiger partial charge is 0.481 e. The fourth-order valence-electron chi connectivity index (χ4n) is 2.98. The molecule has 0 rings (SSSR count). The molecule has 0 aromatic rings. The van der Waals surface area contributed by atoms with Crippen LogP contribution in [0.2, 0.25) is 3.67 Å². The molecule has 0 spiro atoms. The molecule has 0 saturated heterocycles. The second kappa shape index (κ2) is 22.8. The molecule has 0 heterocycles. The molecule has 0 radical (unpaired) electrons. The molecule has 0 aliphatic rings. The van der Waals surface area contributed by atoms with Gasteiger partial charge in [0.05, 0.1) is 6.42 Å². The molecule has 178 valence electrons. The van der Waals surface area contributed by atoms with Gasteiger partial charge < -0.3 is 10.2 Å². The van der Waals surface area contributed by atoms with Gasteiger partial charge in [-0.3, -0.25) is 14.1 Å². The van der Waals surface area contributed by atoms with Crippen molar-refractivity contribution in [2.45, 2.75) is 112 Å². The van der Waals surface area contributed by atoms with Crippen molar-refractivity contribution in [1.82, 2.24) is 0 Å². The van der Waals surface area contributed by atoms with Crippen LogP contribution in [0.4, 0.5) is 0 Å². The Hall–Kier alpha value is -0.410. The molecular weight excluding hydrogens is 431 g/mol. The van der Waals surface area contributed by atoms with Crippen LogP contribution in [0.25, 0.3) is 0 Å². The van der Waals surface area contributed by atoms with Gasteiger partial charge in [0.15, 0.2) is 5.25 Å². The predicted octanol–water partition coefficient (Wildman–Crippen LogP) is 5.41. The molecule has 0 aliphatic heterocycles. The second-order valence-electron chi connectivity index (χ2n) is 7.88. The van der Waals surface area contributed by atoms with Crippen molar-refractivity contribution in [1.29, 1.82) is 0 Å². The zero-order valence-electron chi connectivity index (χ0n) is 19.4. The molecule has 31 heavy (non-hydrogen) atoms. The summed E-state index contributed by atoms with van der Waals surface area (Å²) in [4.78, 5) is 20.0. The first-order valence-corrected chi connectivity index (χ1v) is 14.6. The minimum absolute atomic E-state index is 1.16. The average molecular weight is 473 g/mol. The number of aliphatic carboxylic acids is 2. The van der Waals surface area contributed by atoms with Gasteiger partial charge in [0, 0.05) is 0 Å². The van der Waals surface area contributed by atoms with E-state index in [1.165, 1.54) is 121 Å². The van der Waals surface area contributed by atoms with Crippen molar-refractivity contribution in [3.8, 4) is 0 Å². The van der Waals surface area contributed by atoms with Crippen molar-refractivity contribution < 1.29 is 32.8 Å². The van der Waals surface area contributed by atoms with Crippen LogP contribution < -0.4 is 0 Å². The van der Waals surface area contributed by atoms with Gasteiger partial charge >= 0.3 is 113 Å². The maximum atomic E-state index is 10.2. The third-order valence-corrected chi connectivity index (χ3v) is 6.65. The fourth-order valence-corrected chi connectivity index (χ4v) is 4.08. The normalized spacial score (nSPS) is 12.4. The molecule has 0 amide bonds. The Morgan fingerprint density at radius 3 is 1.55 bits per heavy atom. The summed E-state index contributed by atoms with van der Waals surface area (Å²) in [6, 6.07) is 0. The Morgan fingerprint density at radius 2 is 1.23 bits per heavy atom. The summed E-state index contributed by atoms with van der Waals surface area (Å²) in [5, 5.41) is 13.9. The van der Waals surface area contributed by atoms with Gasteiger partial charge in [0.2, 0.25) is 0 Å². The predicted molar refractivity (Wildman–Crippen MR) is 125 cm³/mol. The van der Waals surface area contributed by atoms with E-state index >= 15 is 0 Å². The molecule has 0 aromatic carbocycles. The number of unbranched alkanes of at least 4 members (excludes halogenated alkanes) is 12. The van der Waals surface area contributed by atoms with E-state index in [2.05, 4.69) is 19.1 Å². The van der Waals surface area contributed by atoms with Crippen LogP contribution in [0, 0.1) is 0 Å². The number of hydrogen-bond acceptors (Lipinski definition) is 4. The molecule has 0 aliphatic carbocycles. The van der Waals surface area contributed by atoms with Crippen molar-refractivity contribution in [3.63, 3.8) is 0 Å². The number of carbonyl (C=O) groups is 2. The van der Waals surface area contributed by atoms with Crippen LogP contribution in [-0.2, 0) is 19.7 Å². The quantitative estimate of drug-likeness (QED) is 0.0991. The second-order valence-corrected chi connectivity index (χ2v) is 10.5. The van der Waals surface area contributed by atoms with Crippen molar-refractivity contribution in [2.75, 3.05) is 0 Å². The Kier molecular flexibility index (Phi) is 24.1. The summed E-state index contributed by atoms with van der Waals surface area (Å²) in [7, 11) is -4.84. The van der Waals surface area contributed by atoms with E-state index in [0.29, 0.717) is 0 Å². The summed E-state index contributed by atoms with van der Waals surface area (Å²) >= 11 is 1.40. The van der Waals surface area contributed by atoms with Crippen LogP contribution >= 0.6 is 0 Å². The minimum Gasteiger partial charge on any atom is -0.481 e. The summed E-state index contributed by atoms with van der Waals surface area (Å²) in [6.45, 7) is 2.29. The minimum atomic E-state index is -4.84. The van der Waals surface area contributed by atoms with Crippen LogP contribution in [-0.4, -0.2) is 68.3 Å². The topological polar surface area (TPSA) is 129 Å². The number of carboxylic acid groups (broad SMARTS) is 2. The standard InChI is InChI=1S/C18H35.C4H6O7S.Na/c1-3-5-7-9-11-13-15-17-18-16-14-12-10-8-6-4-2;5-3(6)1-2(4(7)8)12(9,10)11;/h17-18H,1,3-16H2,2H3;2H,1H2,(H,5,6)(H,7,8)(H,9,10,11);. The van der Waals surface area contributed by atoms with Gasteiger partial charge in [-0.1, -0.05) is 39.0 Å². The van der Waals surface area contributed by atoms with E-state index in [9.17, 15) is 18.0 Å². The maximum absolute atomic E-state index is 10.2.